The second kappa shape index (κ2) is 6.64. The summed E-state index contributed by atoms with van der Waals surface area (Å²) in [5.41, 5.74) is 0.921. The Kier molecular flexibility index (Phi) is 4.41. The van der Waals surface area contributed by atoms with Crippen molar-refractivity contribution in [1.82, 2.24) is 4.98 Å². The molecule has 6 heteroatoms. The minimum atomic E-state index is -0.835. The number of aldehydes is 1. The number of phenolic OH excluding ortho intramolecular Hbond substituents is 1. The Hall–Kier alpha value is -2.63. The number of rotatable bonds is 5. The van der Waals surface area contributed by atoms with Gasteiger partial charge in [-0.15, -0.1) is 0 Å². The number of aromatic hydroxyl groups is 1. The van der Waals surface area contributed by atoms with Gasteiger partial charge in [0.05, 0.1) is 12.1 Å². The maximum atomic E-state index is 13.4. The van der Waals surface area contributed by atoms with Crippen LogP contribution in [0.1, 0.15) is 22.3 Å². The average molecular weight is 316 g/mol. The number of alkyl halides is 1. The number of pyridine rings is 1. The first-order valence-electron chi connectivity index (χ1n) is 7.42. The lowest BCUT2D eigenvalue weighted by molar-refractivity contribution is 0.111. The number of hydrogen-bond acceptors (Lipinski definition) is 5. The van der Waals surface area contributed by atoms with Crippen molar-refractivity contribution in [3.05, 3.63) is 47.7 Å². The third-order valence-corrected chi connectivity index (χ3v) is 3.84. The van der Waals surface area contributed by atoms with Crippen LogP contribution in [-0.2, 0) is 6.61 Å². The molecule has 5 nitrogen and oxygen atoms in total. The highest BCUT2D eigenvalue weighted by molar-refractivity contribution is 5.83. The first-order valence-corrected chi connectivity index (χ1v) is 7.42. The number of carbonyl (C=O) groups is 1. The number of ether oxygens (including phenoxy) is 1. The number of anilines is 1. The fraction of sp³-hybridized carbons (Fsp3) is 0.294. The molecule has 2 aromatic rings. The summed E-state index contributed by atoms with van der Waals surface area (Å²) in [5.74, 6) is 0.878. The van der Waals surface area contributed by atoms with Crippen LogP contribution in [0.15, 0.2) is 36.5 Å². The molecule has 120 valence electrons. The highest BCUT2D eigenvalue weighted by Gasteiger charge is 2.24. The zero-order valence-electron chi connectivity index (χ0n) is 12.5. The van der Waals surface area contributed by atoms with Crippen molar-refractivity contribution in [1.29, 1.82) is 0 Å². The number of nitrogens with zero attached hydrogens (tertiary/aromatic N) is 2. The summed E-state index contributed by atoms with van der Waals surface area (Å²) in [6.45, 7) is 1.13. The molecule has 1 aromatic carbocycles. The molecular weight excluding hydrogens is 299 g/mol. The van der Waals surface area contributed by atoms with Gasteiger partial charge in [0, 0.05) is 18.3 Å². The Balaban J connectivity index is 1.79. The molecule has 0 aliphatic carbocycles. The molecule has 0 radical (unpaired) electrons. The predicted octanol–water partition coefficient (Wildman–Crippen LogP) is 2.73. The molecule has 1 aliphatic rings. The fourth-order valence-electron chi connectivity index (χ4n) is 2.67. The van der Waals surface area contributed by atoms with Crippen LogP contribution in [0.25, 0.3) is 0 Å². The summed E-state index contributed by atoms with van der Waals surface area (Å²) in [7, 11) is 0. The Morgan fingerprint density at radius 2 is 2.26 bits per heavy atom. The van der Waals surface area contributed by atoms with Crippen LogP contribution in [0.3, 0.4) is 0 Å². The molecule has 2 heterocycles. The Morgan fingerprint density at radius 3 is 3.00 bits per heavy atom. The van der Waals surface area contributed by atoms with E-state index in [1.807, 2.05) is 11.0 Å². The van der Waals surface area contributed by atoms with Crippen LogP contribution < -0.4 is 9.64 Å². The van der Waals surface area contributed by atoms with Crippen molar-refractivity contribution in [3.8, 4) is 11.5 Å². The summed E-state index contributed by atoms with van der Waals surface area (Å²) in [6.07, 6.45) is 1.88. The van der Waals surface area contributed by atoms with E-state index in [4.69, 9.17) is 4.74 Å². The summed E-state index contributed by atoms with van der Waals surface area (Å²) in [5, 5.41) is 9.67. The van der Waals surface area contributed by atoms with Gasteiger partial charge in [0.1, 0.15) is 30.1 Å². The molecule has 1 saturated heterocycles. The molecule has 0 amide bonds. The minimum Gasteiger partial charge on any atom is -0.507 e. The molecule has 1 N–H and O–H groups in total. The summed E-state index contributed by atoms with van der Waals surface area (Å²) in [4.78, 5) is 17.3. The SMILES string of the molecule is O=Cc1c(O)cccc1OCc1cccnc1N1CC[C@@H](F)C1. The number of hydrogen-bond donors (Lipinski definition) is 1. The standard InChI is InChI=1S/C17H17FN2O3/c18-13-6-8-20(9-13)17-12(3-2-7-19-17)11-23-16-5-1-4-15(22)14(16)10-21/h1-5,7,10,13,22H,6,8-9,11H2/t13-/m1/s1. The highest BCUT2D eigenvalue weighted by atomic mass is 19.1. The quantitative estimate of drug-likeness (QED) is 0.859. The number of phenols is 1. The molecular formula is C17H17FN2O3. The van der Waals surface area contributed by atoms with Gasteiger partial charge >= 0.3 is 0 Å². The molecule has 0 saturated carbocycles. The number of aromatic nitrogens is 1. The minimum absolute atomic E-state index is 0.114. The van der Waals surface area contributed by atoms with Gasteiger partial charge in [-0.25, -0.2) is 9.37 Å². The molecule has 0 spiro atoms. The van der Waals surface area contributed by atoms with E-state index in [9.17, 15) is 14.3 Å². The van der Waals surface area contributed by atoms with Crippen molar-refractivity contribution >= 4 is 12.1 Å². The number of halogens is 1. The van der Waals surface area contributed by atoms with Gasteiger partial charge in [-0.2, -0.15) is 0 Å². The Labute approximate surface area is 133 Å². The average Bonchev–Trinajstić information content (AvgIpc) is 2.99. The van der Waals surface area contributed by atoms with E-state index in [0.29, 0.717) is 37.4 Å². The van der Waals surface area contributed by atoms with Crippen molar-refractivity contribution in [2.75, 3.05) is 18.0 Å². The Morgan fingerprint density at radius 1 is 1.39 bits per heavy atom. The molecule has 3 rings (SSSR count). The molecule has 1 atom stereocenters. The summed E-state index contributed by atoms with van der Waals surface area (Å²) in [6, 6.07) is 8.30. The molecule has 1 aliphatic heterocycles. The lowest BCUT2D eigenvalue weighted by Gasteiger charge is -2.20. The van der Waals surface area contributed by atoms with Crippen LogP contribution in [-0.4, -0.2) is 35.6 Å². The van der Waals surface area contributed by atoms with Crippen LogP contribution in [0, 0.1) is 0 Å². The molecule has 1 fully saturated rings. The predicted molar refractivity (Wildman–Crippen MR) is 83.8 cm³/mol. The van der Waals surface area contributed by atoms with Crippen molar-refractivity contribution in [2.24, 2.45) is 0 Å². The number of benzene rings is 1. The van der Waals surface area contributed by atoms with E-state index < -0.39 is 6.17 Å². The van der Waals surface area contributed by atoms with Crippen LogP contribution in [0.2, 0.25) is 0 Å². The lowest BCUT2D eigenvalue weighted by Crippen LogP contribution is -2.23. The smallest absolute Gasteiger partial charge is 0.157 e. The molecule has 0 unspecified atom stereocenters. The maximum absolute atomic E-state index is 13.4. The maximum Gasteiger partial charge on any atom is 0.157 e. The third kappa shape index (κ3) is 3.26. The van der Waals surface area contributed by atoms with E-state index in [-0.39, 0.29) is 17.9 Å². The van der Waals surface area contributed by atoms with Gasteiger partial charge in [-0.05, 0) is 24.6 Å². The van der Waals surface area contributed by atoms with E-state index >= 15 is 0 Å². The van der Waals surface area contributed by atoms with E-state index in [1.54, 1.807) is 24.4 Å². The normalized spacial score (nSPS) is 17.3. The first-order chi connectivity index (χ1) is 11.2. The van der Waals surface area contributed by atoms with Crippen LogP contribution in [0.5, 0.6) is 11.5 Å². The van der Waals surface area contributed by atoms with E-state index in [2.05, 4.69) is 4.98 Å². The Bertz CT molecular complexity index is 708. The van der Waals surface area contributed by atoms with E-state index in [0.717, 1.165) is 5.56 Å². The van der Waals surface area contributed by atoms with Crippen molar-refractivity contribution < 1.29 is 19.0 Å². The molecule has 0 bridgehead atoms. The second-order valence-electron chi connectivity index (χ2n) is 5.41. The zero-order chi connectivity index (χ0) is 16.2. The summed E-state index contributed by atoms with van der Waals surface area (Å²) >= 11 is 0. The lowest BCUT2D eigenvalue weighted by atomic mass is 10.2. The van der Waals surface area contributed by atoms with Crippen molar-refractivity contribution in [2.45, 2.75) is 19.2 Å². The van der Waals surface area contributed by atoms with Gasteiger partial charge in [-0.1, -0.05) is 12.1 Å². The fourth-order valence-corrected chi connectivity index (χ4v) is 2.67. The topological polar surface area (TPSA) is 62.7 Å². The zero-order valence-corrected chi connectivity index (χ0v) is 12.5. The van der Waals surface area contributed by atoms with Gasteiger partial charge in [0.2, 0.25) is 0 Å². The highest BCUT2D eigenvalue weighted by Crippen LogP contribution is 2.28. The largest absolute Gasteiger partial charge is 0.507 e. The third-order valence-electron chi connectivity index (χ3n) is 3.84. The van der Waals surface area contributed by atoms with Crippen LogP contribution in [0.4, 0.5) is 10.2 Å². The monoisotopic (exact) mass is 316 g/mol. The van der Waals surface area contributed by atoms with E-state index in [1.165, 1.54) is 6.07 Å². The van der Waals surface area contributed by atoms with Gasteiger partial charge in [0.15, 0.2) is 6.29 Å². The summed E-state index contributed by atoms with van der Waals surface area (Å²) < 4.78 is 19.1. The van der Waals surface area contributed by atoms with Gasteiger partial charge in [0.25, 0.3) is 0 Å². The van der Waals surface area contributed by atoms with Gasteiger partial charge in [-0.3, -0.25) is 4.79 Å². The molecule has 23 heavy (non-hydrogen) atoms. The molecule has 1 aromatic heterocycles. The second-order valence-corrected chi connectivity index (χ2v) is 5.41. The van der Waals surface area contributed by atoms with Crippen LogP contribution >= 0.6 is 0 Å². The number of carbonyl (C=O) groups excluding carboxylic acids is 1. The van der Waals surface area contributed by atoms with Gasteiger partial charge < -0.3 is 14.7 Å². The van der Waals surface area contributed by atoms with Crippen molar-refractivity contribution in [3.63, 3.8) is 0 Å². The first kappa shape index (κ1) is 15.3.